The topological polar surface area (TPSA) is 60.5 Å². The van der Waals surface area contributed by atoms with Crippen molar-refractivity contribution in [1.82, 2.24) is 10.3 Å². The van der Waals surface area contributed by atoms with E-state index in [0.29, 0.717) is 37.7 Å². The fourth-order valence-corrected chi connectivity index (χ4v) is 4.22. The van der Waals surface area contributed by atoms with Crippen LogP contribution in [-0.4, -0.2) is 30.6 Å². The number of thiazole rings is 1. The Labute approximate surface area is 178 Å². The van der Waals surface area contributed by atoms with Gasteiger partial charge in [0.05, 0.1) is 11.2 Å². The molecule has 2 heterocycles. The summed E-state index contributed by atoms with van der Waals surface area (Å²) in [6.45, 7) is 2.06. The molecule has 30 heavy (non-hydrogen) atoms. The lowest BCUT2D eigenvalue weighted by Gasteiger charge is -2.38. The van der Waals surface area contributed by atoms with Gasteiger partial charge in [-0.25, -0.2) is 9.37 Å². The molecule has 2 aromatic carbocycles. The molecule has 156 valence electrons. The predicted molar refractivity (Wildman–Crippen MR) is 113 cm³/mol. The van der Waals surface area contributed by atoms with Crippen LogP contribution in [0.3, 0.4) is 0 Å². The standard InChI is InChI=1S/C23H23FN2O3S/c24-19-6-4-18(5-7-19)23(8-10-28-11-9-23)15-25-22(27)17-2-1-3-21(12-17)29-13-20-14-30-16-26-20/h1-7,12,14,16H,8-11,13,15H2,(H,25,27). The number of amides is 1. The number of rotatable bonds is 7. The highest BCUT2D eigenvalue weighted by molar-refractivity contribution is 7.07. The Morgan fingerprint density at radius 2 is 2.00 bits per heavy atom. The third kappa shape index (κ3) is 4.86. The zero-order valence-corrected chi connectivity index (χ0v) is 17.3. The van der Waals surface area contributed by atoms with Crippen molar-refractivity contribution in [3.05, 3.63) is 82.1 Å². The van der Waals surface area contributed by atoms with Gasteiger partial charge in [-0.05, 0) is 48.7 Å². The van der Waals surface area contributed by atoms with E-state index in [1.807, 2.05) is 11.4 Å². The van der Waals surface area contributed by atoms with Crippen LogP contribution in [0.1, 0.15) is 34.5 Å². The van der Waals surface area contributed by atoms with Crippen molar-refractivity contribution in [2.45, 2.75) is 24.9 Å². The molecule has 0 unspecified atom stereocenters. The largest absolute Gasteiger partial charge is 0.487 e. The number of carbonyl (C=O) groups excluding carboxylic acids is 1. The van der Waals surface area contributed by atoms with Crippen LogP contribution in [0.25, 0.3) is 0 Å². The number of aromatic nitrogens is 1. The molecule has 1 aliphatic heterocycles. The third-order valence-corrected chi connectivity index (χ3v) is 6.10. The summed E-state index contributed by atoms with van der Waals surface area (Å²) < 4.78 is 24.7. The van der Waals surface area contributed by atoms with E-state index in [2.05, 4.69) is 10.3 Å². The first kappa shape index (κ1) is 20.5. The predicted octanol–water partition coefficient (Wildman–Crippen LogP) is 4.34. The quantitative estimate of drug-likeness (QED) is 0.611. The van der Waals surface area contributed by atoms with Crippen LogP contribution in [0.2, 0.25) is 0 Å². The Morgan fingerprint density at radius 3 is 2.73 bits per heavy atom. The van der Waals surface area contributed by atoms with Crippen LogP contribution in [-0.2, 0) is 16.8 Å². The van der Waals surface area contributed by atoms with E-state index < -0.39 is 0 Å². The minimum absolute atomic E-state index is 0.165. The zero-order chi connectivity index (χ0) is 20.8. The number of carbonyl (C=O) groups is 1. The normalized spacial score (nSPS) is 15.5. The molecule has 0 aliphatic carbocycles. The molecule has 4 rings (SSSR count). The Morgan fingerprint density at radius 1 is 1.20 bits per heavy atom. The second-order valence-electron chi connectivity index (χ2n) is 7.38. The van der Waals surface area contributed by atoms with Crippen molar-refractivity contribution in [3.63, 3.8) is 0 Å². The van der Waals surface area contributed by atoms with Crippen molar-refractivity contribution < 1.29 is 18.7 Å². The highest BCUT2D eigenvalue weighted by Gasteiger charge is 2.35. The molecule has 5 nitrogen and oxygen atoms in total. The fraction of sp³-hybridized carbons (Fsp3) is 0.304. The van der Waals surface area contributed by atoms with E-state index in [-0.39, 0.29) is 17.1 Å². The molecule has 3 aromatic rings. The molecule has 0 atom stereocenters. The van der Waals surface area contributed by atoms with Crippen LogP contribution in [0.15, 0.2) is 59.4 Å². The molecule has 0 radical (unpaired) electrons. The minimum atomic E-state index is -0.264. The minimum Gasteiger partial charge on any atom is -0.487 e. The first-order chi connectivity index (χ1) is 14.6. The molecule has 0 bridgehead atoms. The summed E-state index contributed by atoms with van der Waals surface area (Å²) in [4.78, 5) is 17.0. The zero-order valence-electron chi connectivity index (χ0n) is 16.5. The van der Waals surface area contributed by atoms with Crippen LogP contribution >= 0.6 is 11.3 Å². The van der Waals surface area contributed by atoms with Crippen molar-refractivity contribution >= 4 is 17.2 Å². The van der Waals surface area contributed by atoms with Crippen LogP contribution < -0.4 is 10.1 Å². The van der Waals surface area contributed by atoms with Gasteiger partial charge >= 0.3 is 0 Å². The first-order valence-electron chi connectivity index (χ1n) is 9.87. The maximum atomic E-state index is 13.4. The van der Waals surface area contributed by atoms with Gasteiger partial charge in [-0.1, -0.05) is 18.2 Å². The van der Waals surface area contributed by atoms with Gasteiger partial charge in [0.25, 0.3) is 5.91 Å². The molecule has 1 aliphatic rings. The van der Waals surface area contributed by atoms with Gasteiger partial charge < -0.3 is 14.8 Å². The monoisotopic (exact) mass is 426 g/mol. The van der Waals surface area contributed by atoms with E-state index >= 15 is 0 Å². The fourth-order valence-electron chi connectivity index (χ4n) is 3.68. The van der Waals surface area contributed by atoms with Crippen molar-refractivity contribution in [3.8, 4) is 5.75 Å². The molecule has 1 aromatic heterocycles. The van der Waals surface area contributed by atoms with Crippen molar-refractivity contribution in [2.75, 3.05) is 19.8 Å². The van der Waals surface area contributed by atoms with E-state index in [1.165, 1.54) is 23.5 Å². The van der Waals surface area contributed by atoms with E-state index in [1.54, 1.807) is 35.8 Å². The lowest BCUT2D eigenvalue weighted by atomic mass is 9.74. The molecule has 1 N–H and O–H groups in total. The van der Waals surface area contributed by atoms with Gasteiger partial charge in [-0.2, -0.15) is 0 Å². The van der Waals surface area contributed by atoms with Crippen LogP contribution in [0, 0.1) is 5.82 Å². The number of benzene rings is 2. The van der Waals surface area contributed by atoms with Crippen molar-refractivity contribution in [2.24, 2.45) is 0 Å². The van der Waals surface area contributed by atoms with E-state index in [4.69, 9.17) is 9.47 Å². The summed E-state index contributed by atoms with van der Waals surface area (Å²) in [6, 6.07) is 13.7. The summed E-state index contributed by atoms with van der Waals surface area (Å²) in [7, 11) is 0. The number of ether oxygens (including phenoxy) is 2. The van der Waals surface area contributed by atoms with Gasteiger partial charge in [-0.3, -0.25) is 4.79 Å². The van der Waals surface area contributed by atoms with Crippen LogP contribution in [0.5, 0.6) is 5.75 Å². The number of hydrogen-bond acceptors (Lipinski definition) is 5. The second kappa shape index (κ2) is 9.36. The average Bonchev–Trinajstić information content (AvgIpc) is 3.31. The van der Waals surface area contributed by atoms with Gasteiger partial charge in [0.15, 0.2) is 0 Å². The van der Waals surface area contributed by atoms with E-state index in [9.17, 15) is 9.18 Å². The van der Waals surface area contributed by atoms with Gasteiger partial charge in [0.2, 0.25) is 0 Å². The average molecular weight is 427 g/mol. The second-order valence-corrected chi connectivity index (χ2v) is 8.10. The molecular formula is C23H23FN2O3S. The summed E-state index contributed by atoms with van der Waals surface area (Å²) in [5, 5.41) is 4.99. The number of nitrogens with one attached hydrogen (secondary N) is 1. The first-order valence-corrected chi connectivity index (χ1v) is 10.8. The van der Waals surface area contributed by atoms with Gasteiger partial charge in [-0.15, -0.1) is 11.3 Å². The van der Waals surface area contributed by atoms with Crippen molar-refractivity contribution in [1.29, 1.82) is 0 Å². The molecular weight excluding hydrogens is 403 g/mol. The Bertz CT molecular complexity index is 970. The summed E-state index contributed by atoms with van der Waals surface area (Å²) in [5.41, 5.74) is 3.91. The Hall–Kier alpha value is -2.77. The summed E-state index contributed by atoms with van der Waals surface area (Å²) in [5.74, 6) is 0.191. The number of nitrogens with zero attached hydrogens (tertiary/aromatic N) is 1. The highest BCUT2D eigenvalue weighted by atomic mass is 32.1. The number of halogens is 1. The van der Waals surface area contributed by atoms with Gasteiger partial charge in [0, 0.05) is 36.1 Å². The molecule has 1 amide bonds. The SMILES string of the molecule is O=C(NCC1(c2ccc(F)cc2)CCOCC1)c1cccc(OCc2cscn2)c1. The summed E-state index contributed by atoms with van der Waals surface area (Å²) >= 11 is 1.52. The van der Waals surface area contributed by atoms with Crippen LogP contribution in [0.4, 0.5) is 4.39 Å². The van der Waals surface area contributed by atoms with E-state index in [0.717, 1.165) is 24.1 Å². The lowest BCUT2D eigenvalue weighted by Crippen LogP contribution is -2.44. The molecule has 0 spiro atoms. The molecule has 7 heteroatoms. The third-order valence-electron chi connectivity index (χ3n) is 5.46. The Balaban J connectivity index is 1.43. The Kier molecular flexibility index (Phi) is 6.40. The highest BCUT2D eigenvalue weighted by Crippen LogP contribution is 2.34. The maximum absolute atomic E-state index is 13.4. The lowest BCUT2D eigenvalue weighted by molar-refractivity contribution is 0.0487. The summed E-state index contributed by atoms with van der Waals surface area (Å²) in [6.07, 6.45) is 1.55. The molecule has 1 fully saturated rings. The maximum Gasteiger partial charge on any atom is 0.251 e. The molecule has 0 saturated carbocycles. The van der Waals surface area contributed by atoms with Gasteiger partial charge in [0.1, 0.15) is 18.2 Å². The number of hydrogen-bond donors (Lipinski definition) is 1. The smallest absolute Gasteiger partial charge is 0.251 e. The molecule has 1 saturated heterocycles.